The molecule has 0 aromatic carbocycles. The molecule has 94 valence electrons. The Labute approximate surface area is 105 Å². The molecule has 3 rings (SSSR count). The summed E-state index contributed by atoms with van der Waals surface area (Å²) < 4.78 is 0. The van der Waals surface area contributed by atoms with Gasteiger partial charge in [0.05, 0.1) is 17.8 Å². The summed E-state index contributed by atoms with van der Waals surface area (Å²) in [4.78, 5) is 27.2. The van der Waals surface area contributed by atoms with Crippen molar-refractivity contribution in [2.24, 2.45) is 0 Å². The Morgan fingerprint density at radius 3 is 2.89 bits per heavy atom. The fourth-order valence-corrected chi connectivity index (χ4v) is 2.67. The Morgan fingerprint density at radius 1 is 1.22 bits per heavy atom. The van der Waals surface area contributed by atoms with Gasteiger partial charge in [0.15, 0.2) is 0 Å². The van der Waals surface area contributed by atoms with E-state index in [4.69, 9.17) is 0 Å². The normalized spacial score (nSPS) is 26.9. The van der Waals surface area contributed by atoms with Crippen LogP contribution in [0.25, 0.3) is 0 Å². The van der Waals surface area contributed by atoms with E-state index in [2.05, 4.69) is 21.7 Å². The van der Waals surface area contributed by atoms with E-state index < -0.39 is 0 Å². The highest BCUT2D eigenvalue weighted by Gasteiger charge is 2.31. The Kier molecular flexibility index (Phi) is 2.83. The first-order valence-corrected chi connectivity index (χ1v) is 6.27. The fraction of sp³-hybridized carbons (Fsp3) is 0.462. The third kappa shape index (κ3) is 2.01. The Hall–Kier alpha value is -1.75. The van der Waals surface area contributed by atoms with Gasteiger partial charge < -0.3 is 0 Å². The third-order valence-electron chi connectivity index (χ3n) is 3.60. The maximum Gasteiger partial charge on any atom is 0.243 e. The first-order chi connectivity index (χ1) is 8.74. The molecule has 0 radical (unpaired) electrons. The van der Waals surface area contributed by atoms with Crippen LogP contribution in [0.1, 0.15) is 36.6 Å². The van der Waals surface area contributed by atoms with E-state index in [1.165, 1.54) is 5.56 Å². The summed E-state index contributed by atoms with van der Waals surface area (Å²) in [6, 6.07) is 3.87. The first kappa shape index (κ1) is 11.3. The molecule has 1 saturated heterocycles. The SMILES string of the molecule is O=C1CCC(NC2CCc3cccnc32)C(=O)N1. The minimum absolute atomic E-state index is 0.130. The van der Waals surface area contributed by atoms with Crippen LogP contribution in [0, 0.1) is 0 Å². The maximum absolute atomic E-state index is 11.7. The lowest BCUT2D eigenvalue weighted by molar-refractivity contribution is -0.134. The molecule has 0 bridgehead atoms. The molecule has 2 N–H and O–H groups in total. The van der Waals surface area contributed by atoms with E-state index in [0.29, 0.717) is 12.8 Å². The molecule has 18 heavy (non-hydrogen) atoms. The summed E-state index contributed by atoms with van der Waals surface area (Å²) >= 11 is 0. The van der Waals surface area contributed by atoms with Gasteiger partial charge in [-0.15, -0.1) is 0 Å². The molecule has 2 unspecified atom stereocenters. The summed E-state index contributed by atoms with van der Waals surface area (Å²) in [7, 11) is 0. The van der Waals surface area contributed by atoms with Crippen molar-refractivity contribution < 1.29 is 9.59 Å². The number of carbonyl (C=O) groups is 2. The zero-order valence-corrected chi connectivity index (χ0v) is 9.98. The number of piperidine rings is 1. The average Bonchev–Trinajstić information content (AvgIpc) is 2.76. The molecule has 0 saturated carbocycles. The van der Waals surface area contributed by atoms with Crippen LogP contribution < -0.4 is 10.6 Å². The molecule has 1 fully saturated rings. The molecule has 1 aliphatic carbocycles. The van der Waals surface area contributed by atoms with Crippen molar-refractivity contribution in [2.75, 3.05) is 0 Å². The van der Waals surface area contributed by atoms with Crippen molar-refractivity contribution >= 4 is 11.8 Å². The van der Waals surface area contributed by atoms with Gasteiger partial charge in [0.2, 0.25) is 11.8 Å². The lowest BCUT2D eigenvalue weighted by Gasteiger charge is -2.25. The molecule has 2 aliphatic rings. The molecule has 1 aromatic heterocycles. The molecule has 1 aromatic rings. The molecule has 2 amide bonds. The number of fused-ring (bicyclic) bond motifs is 1. The van der Waals surface area contributed by atoms with Gasteiger partial charge in [-0.25, -0.2) is 0 Å². The maximum atomic E-state index is 11.7. The van der Waals surface area contributed by atoms with Crippen LogP contribution in [0.2, 0.25) is 0 Å². The van der Waals surface area contributed by atoms with E-state index in [0.717, 1.165) is 18.5 Å². The standard InChI is InChI=1S/C13H15N3O2/c17-11-6-5-10(13(18)16-11)15-9-4-3-8-2-1-7-14-12(8)9/h1-2,7,9-10,15H,3-6H2,(H,16,17,18). The lowest BCUT2D eigenvalue weighted by Crippen LogP contribution is -2.51. The fourth-order valence-electron chi connectivity index (χ4n) is 2.67. The van der Waals surface area contributed by atoms with E-state index >= 15 is 0 Å². The zero-order chi connectivity index (χ0) is 12.5. The monoisotopic (exact) mass is 245 g/mol. The Morgan fingerprint density at radius 2 is 2.06 bits per heavy atom. The summed E-state index contributed by atoms with van der Waals surface area (Å²) in [6.07, 6.45) is 4.72. The van der Waals surface area contributed by atoms with Gasteiger partial charge in [-0.05, 0) is 30.9 Å². The van der Waals surface area contributed by atoms with Crippen molar-refractivity contribution in [1.29, 1.82) is 0 Å². The molecule has 1 aliphatic heterocycles. The number of nitrogens with one attached hydrogen (secondary N) is 2. The summed E-state index contributed by atoms with van der Waals surface area (Å²) in [5.74, 6) is -0.390. The van der Waals surface area contributed by atoms with Crippen molar-refractivity contribution in [3.63, 3.8) is 0 Å². The molecule has 2 heterocycles. The minimum atomic E-state index is -0.277. The summed E-state index contributed by atoms with van der Waals surface area (Å²) in [5.41, 5.74) is 2.30. The highest BCUT2D eigenvalue weighted by Crippen LogP contribution is 2.29. The van der Waals surface area contributed by atoms with Crippen LogP contribution in [0.3, 0.4) is 0 Å². The largest absolute Gasteiger partial charge is 0.297 e. The van der Waals surface area contributed by atoms with E-state index in [-0.39, 0.29) is 23.9 Å². The average molecular weight is 245 g/mol. The number of amides is 2. The highest BCUT2D eigenvalue weighted by molar-refractivity contribution is 6.00. The third-order valence-corrected chi connectivity index (χ3v) is 3.60. The highest BCUT2D eigenvalue weighted by atomic mass is 16.2. The Balaban J connectivity index is 1.71. The predicted molar refractivity (Wildman–Crippen MR) is 64.6 cm³/mol. The first-order valence-electron chi connectivity index (χ1n) is 6.27. The number of imide groups is 1. The Bertz CT molecular complexity index is 501. The van der Waals surface area contributed by atoms with Gasteiger partial charge in [-0.3, -0.25) is 25.2 Å². The van der Waals surface area contributed by atoms with Gasteiger partial charge in [0.25, 0.3) is 0 Å². The van der Waals surface area contributed by atoms with Crippen molar-refractivity contribution in [2.45, 2.75) is 37.8 Å². The minimum Gasteiger partial charge on any atom is -0.297 e. The number of aromatic nitrogens is 1. The summed E-state index contributed by atoms with van der Waals surface area (Å²) in [6.45, 7) is 0. The topological polar surface area (TPSA) is 71.1 Å². The predicted octanol–water partition coefficient (Wildman–Crippen LogP) is 0.464. The number of aryl methyl sites for hydroxylation is 1. The quantitative estimate of drug-likeness (QED) is 0.743. The number of hydrogen-bond donors (Lipinski definition) is 2. The molecule has 0 spiro atoms. The summed E-state index contributed by atoms with van der Waals surface area (Å²) in [5, 5.41) is 5.68. The molecule has 5 heteroatoms. The van der Waals surface area contributed by atoms with Crippen LogP contribution in [0.4, 0.5) is 0 Å². The smallest absolute Gasteiger partial charge is 0.243 e. The van der Waals surface area contributed by atoms with E-state index in [1.54, 1.807) is 6.20 Å². The number of hydrogen-bond acceptors (Lipinski definition) is 4. The number of pyridine rings is 1. The number of rotatable bonds is 2. The van der Waals surface area contributed by atoms with Crippen LogP contribution in [-0.4, -0.2) is 22.8 Å². The molecule has 2 atom stereocenters. The molecular weight excluding hydrogens is 230 g/mol. The second-order valence-electron chi connectivity index (χ2n) is 4.81. The lowest BCUT2D eigenvalue weighted by atomic mass is 10.0. The van der Waals surface area contributed by atoms with Gasteiger partial charge in [-0.1, -0.05) is 6.07 Å². The van der Waals surface area contributed by atoms with Gasteiger partial charge in [0, 0.05) is 12.6 Å². The van der Waals surface area contributed by atoms with Crippen LogP contribution in [0.15, 0.2) is 18.3 Å². The van der Waals surface area contributed by atoms with Crippen molar-refractivity contribution in [1.82, 2.24) is 15.6 Å². The van der Waals surface area contributed by atoms with E-state index in [1.807, 2.05) is 6.07 Å². The number of carbonyl (C=O) groups excluding carboxylic acids is 2. The zero-order valence-electron chi connectivity index (χ0n) is 9.98. The van der Waals surface area contributed by atoms with Crippen molar-refractivity contribution in [3.8, 4) is 0 Å². The van der Waals surface area contributed by atoms with Crippen LogP contribution in [-0.2, 0) is 16.0 Å². The second-order valence-corrected chi connectivity index (χ2v) is 4.81. The van der Waals surface area contributed by atoms with Gasteiger partial charge in [-0.2, -0.15) is 0 Å². The second kappa shape index (κ2) is 4.49. The van der Waals surface area contributed by atoms with E-state index in [9.17, 15) is 9.59 Å². The molecule has 5 nitrogen and oxygen atoms in total. The number of nitrogens with zero attached hydrogens (tertiary/aromatic N) is 1. The van der Waals surface area contributed by atoms with Crippen LogP contribution >= 0.6 is 0 Å². The van der Waals surface area contributed by atoms with Gasteiger partial charge >= 0.3 is 0 Å². The van der Waals surface area contributed by atoms with Crippen LogP contribution in [0.5, 0.6) is 0 Å². The van der Waals surface area contributed by atoms with Crippen molar-refractivity contribution in [3.05, 3.63) is 29.6 Å². The molecular formula is C13H15N3O2. The van der Waals surface area contributed by atoms with Gasteiger partial charge in [0.1, 0.15) is 0 Å².